The maximum absolute atomic E-state index is 12.5. The van der Waals surface area contributed by atoms with Crippen LogP contribution in [0.25, 0.3) is 0 Å². The van der Waals surface area contributed by atoms with Crippen molar-refractivity contribution < 1.29 is 31.4 Å². The van der Waals surface area contributed by atoms with Crippen molar-refractivity contribution in [1.82, 2.24) is 0 Å². The van der Waals surface area contributed by atoms with E-state index in [1.54, 1.807) is 0 Å². The molecule has 0 amide bonds. The second-order valence-electron chi connectivity index (χ2n) is 3.81. The molecule has 1 atom stereocenters. The number of aliphatic hydroxyl groups is 1. The Morgan fingerprint density at radius 3 is 2.25 bits per heavy atom. The Morgan fingerprint density at radius 1 is 1.20 bits per heavy atom. The van der Waals surface area contributed by atoms with E-state index < -0.39 is 36.1 Å². The third kappa shape index (κ3) is 4.03. The number of alkyl halides is 6. The van der Waals surface area contributed by atoms with Gasteiger partial charge in [0, 0.05) is 12.2 Å². The number of halogens is 6. The zero-order valence-corrected chi connectivity index (χ0v) is 9.68. The monoisotopic (exact) mass is 298 g/mol. The fourth-order valence-electron chi connectivity index (χ4n) is 1.32. The zero-order valence-electron chi connectivity index (χ0n) is 9.68. The quantitative estimate of drug-likeness (QED) is 0.844. The van der Waals surface area contributed by atoms with Crippen LogP contribution in [0.3, 0.4) is 0 Å². The zero-order chi connectivity index (χ0) is 15.6. The van der Waals surface area contributed by atoms with Gasteiger partial charge in [0.1, 0.15) is 0 Å². The third-order valence-corrected chi connectivity index (χ3v) is 2.32. The van der Waals surface area contributed by atoms with E-state index in [2.05, 4.69) is 5.32 Å². The van der Waals surface area contributed by atoms with Crippen molar-refractivity contribution in [2.45, 2.75) is 18.5 Å². The maximum atomic E-state index is 12.5. The topological polar surface area (TPSA) is 56.0 Å². The van der Waals surface area contributed by atoms with Gasteiger partial charge in [-0.15, -0.1) is 0 Å². The summed E-state index contributed by atoms with van der Waals surface area (Å²) in [5.74, 6) is 0. The summed E-state index contributed by atoms with van der Waals surface area (Å²) in [7, 11) is 0. The van der Waals surface area contributed by atoms with Crippen LogP contribution in [0.5, 0.6) is 0 Å². The second-order valence-corrected chi connectivity index (χ2v) is 3.81. The minimum atomic E-state index is -4.84. The summed E-state index contributed by atoms with van der Waals surface area (Å²) in [5.41, 5.74) is -2.02. The van der Waals surface area contributed by atoms with Gasteiger partial charge in [-0.25, -0.2) is 0 Å². The lowest BCUT2D eigenvalue weighted by Crippen LogP contribution is -2.35. The SMILES string of the molecule is N#Cc1cc(NCC(O)C(F)(F)F)ccc1C(F)(F)F. The molecule has 0 heterocycles. The maximum Gasteiger partial charge on any atom is 0.417 e. The summed E-state index contributed by atoms with van der Waals surface area (Å²) in [6.45, 7) is -0.931. The minimum absolute atomic E-state index is 0.127. The van der Waals surface area contributed by atoms with Crippen LogP contribution >= 0.6 is 0 Å². The van der Waals surface area contributed by atoms with Crippen molar-refractivity contribution in [2.75, 3.05) is 11.9 Å². The number of hydrogen-bond donors (Lipinski definition) is 2. The van der Waals surface area contributed by atoms with Crippen LogP contribution in [0.15, 0.2) is 18.2 Å². The first-order valence-corrected chi connectivity index (χ1v) is 5.15. The van der Waals surface area contributed by atoms with Gasteiger partial charge in [0.05, 0.1) is 17.2 Å². The second kappa shape index (κ2) is 5.58. The Morgan fingerprint density at radius 2 is 1.80 bits per heavy atom. The van der Waals surface area contributed by atoms with Gasteiger partial charge in [-0.05, 0) is 18.2 Å². The van der Waals surface area contributed by atoms with Crippen molar-refractivity contribution in [3.8, 4) is 6.07 Å². The lowest BCUT2D eigenvalue weighted by Gasteiger charge is -2.16. The van der Waals surface area contributed by atoms with Crippen LogP contribution in [-0.4, -0.2) is 23.9 Å². The highest BCUT2D eigenvalue weighted by atomic mass is 19.4. The van der Waals surface area contributed by atoms with E-state index in [1.165, 1.54) is 6.07 Å². The summed E-state index contributed by atoms with van der Waals surface area (Å²) < 4.78 is 73.5. The number of hydrogen-bond acceptors (Lipinski definition) is 3. The molecule has 0 radical (unpaired) electrons. The van der Waals surface area contributed by atoms with Crippen LogP contribution in [0.4, 0.5) is 32.0 Å². The number of rotatable bonds is 3. The van der Waals surface area contributed by atoms with E-state index in [-0.39, 0.29) is 5.69 Å². The van der Waals surface area contributed by atoms with Crippen LogP contribution in [0.1, 0.15) is 11.1 Å². The van der Waals surface area contributed by atoms with Gasteiger partial charge in [-0.3, -0.25) is 0 Å². The predicted molar refractivity (Wildman–Crippen MR) is 56.7 cm³/mol. The summed E-state index contributed by atoms with van der Waals surface area (Å²) >= 11 is 0. The number of nitrogens with one attached hydrogen (secondary N) is 1. The first-order chi connectivity index (χ1) is 9.05. The molecule has 2 N–H and O–H groups in total. The molecule has 0 saturated heterocycles. The average Bonchev–Trinajstić information content (AvgIpc) is 2.33. The normalized spacial score (nSPS) is 13.7. The molecule has 0 aliphatic carbocycles. The molecule has 1 rings (SSSR count). The fourth-order valence-corrected chi connectivity index (χ4v) is 1.32. The molecule has 0 bridgehead atoms. The lowest BCUT2D eigenvalue weighted by molar-refractivity contribution is -0.198. The van der Waals surface area contributed by atoms with Gasteiger partial charge in [0.15, 0.2) is 6.10 Å². The molecule has 0 fully saturated rings. The van der Waals surface area contributed by atoms with E-state index in [1.807, 2.05) is 0 Å². The molecular formula is C11H8F6N2O. The van der Waals surface area contributed by atoms with E-state index in [0.29, 0.717) is 6.07 Å². The van der Waals surface area contributed by atoms with Gasteiger partial charge in [0.2, 0.25) is 0 Å². The molecule has 0 aliphatic heterocycles. The Balaban J connectivity index is 2.88. The number of nitriles is 1. The molecule has 1 aromatic rings. The van der Waals surface area contributed by atoms with Crippen LogP contribution in [0.2, 0.25) is 0 Å². The highest BCUT2D eigenvalue weighted by Gasteiger charge is 2.38. The largest absolute Gasteiger partial charge is 0.417 e. The van der Waals surface area contributed by atoms with Gasteiger partial charge >= 0.3 is 12.4 Å². The van der Waals surface area contributed by atoms with Crippen molar-refractivity contribution in [2.24, 2.45) is 0 Å². The first-order valence-electron chi connectivity index (χ1n) is 5.15. The standard InChI is InChI=1S/C11H8F6N2O/c12-10(13,14)8-2-1-7(3-6(8)4-18)19-5-9(20)11(15,16)17/h1-3,9,19-20H,5H2. The highest BCUT2D eigenvalue weighted by molar-refractivity contribution is 5.53. The van der Waals surface area contributed by atoms with Crippen molar-refractivity contribution in [3.05, 3.63) is 29.3 Å². The first kappa shape index (κ1) is 16.1. The third-order valence-electron chi connectivity index (χ3n) is 2.32. The molecule has 0 aliphatic rings. The molecule has 0 aromatic heterocycles. The number of nitrogens with zero attached hydrogens (tertiary/aromatic N) is 1. The average molecular weight is 298 g/mol. The van der Waals surface area contributed by atoms with E-state index in [9.17, 15) is 26.3 Å². The molecule has 3 nitrogen and oxygen atoms in total. The van der Waals surface area contributed by atoms with E-state index >= 15 is 0 Å². The Kier molecular flexibility index (Phi) is 4.50. The summed E-state index contributed by atoms with van der Waals surface area (Å²) in [6, 6.07) is 3.55. The molecule has 1 unspecified atom stereocenters. The molecule has 9 heteroatoms. The summed E-state index contributed by atoms with van der Waals surface area (Å²) in [4.78, 5) is 0. The molecule has 0 spiro atoms. The van der Waals surface area contributed by atoms with Crippen molar-refractivity contribution in [1.29, 1.82) is 5.26 Å². The van der Waals surface area contributed by atoms with Gasteiger partial charge in [-0.2, -0.15) is 31.6 Å². The summed E-state index contributed by atoms with van der Waals surface area (Å²) in [6.07, 6.45) is -12.2. The molecule has 110 valence electrons. The Hall–Kier alpha value is -1.95. The number of aliphatic hydroxyl groups excluding tert-OH is 1. The van der Waals surface area contributed by atoms with Gasteiger partial charge in [0.25, 0.3) is 0 Å². The van der Waals surface area contributed by atoms with Gasteiger partial charge < -0.3 is 10.4 Å². The number of benzene rings is 1. The molecule has 1 aromatic carbocycles. The highest BCUT2D eigenvalue weighted by Crippen LogP contribution is 2.33. The van der Waals surface area contributed by atoms with Crippen LogP contribution in [-0.2, 0) is 6.18 Å². The van der Waals surface area contributed by atoms with Crippen molar-refractivity contribution >= 4 is 5.69 Å². The van der Waals surface area contributed by atoms with E-state index in [4.69, 9.17) is 10.4 Å². The molecule has 0 saturated carbocycles. The predicted octanol–water partition coefficient (Wildman–Crippen LogP) is 2.91. The Labute approximate surface area is 109 Å². The smallest absolute Gasteiger partial charge is 0.382 e. The van der Waals surface area contributed by atoms with Crippen molar-refractivity contribution in [3.63, 3.8) is 0 Å². The van der Waals surface area contributed by atoms with Crippen LogP contribution < -0.4 is 5.32 Å². The number of anilines is 1. The Bertz CT molecular complexity index is 517. The van der Waals surface area contributed by atoms with E-state index in [0.717, 1.165) is 12.1 Å². The molecular weight excluding hydrogens is 290 g/mol. The van der Waals surface area contributed by atoms with Gasteiger partial charge in [-0.1, -0.05) is 0 Å². The van der Waals surface area contributed by atoms with Crippen LogP contribution in [0, 0.1) is 11.3 Å². The lowest BCUT2D eigenvalue weighted by atomic mass is 10.1. The minimum Gasteiger partial charge on any atom is -0.382 e. The summed E-state index contributed by atoms with van der Waals surface area (Å²) in [5, 5.41) is 19.4. The fraction of sp³-hybridized carbons (Fsp3) is 0.364. The molecule has 20 heavy (non-hydrogen) atoms.